The zero-order chi connectivity index (χ0) is 19.9. The number of rotatable bonds is 4. The van der Waals surface area contributed by atoms with Crippen molar-refractivity contribution in [2.45, 2.75) is 28.5 Å². The third-order valence-electron chi connectivity index (χ3n) is 4.58. The quantitative estimate of drug-likeness (QED) is 0.539. The summed E-state index contributed by atoms with van der Waals surface area (Å²) in [6.07, 6.45) is 1.89. The van der Waals surface area contributed by atoms with Gasteiger partial charge in [0.15, 0.2) is 5.37 Å². The summed E-state index contributed by atoms with van der Waals surface area (Å²) in [7, 11) is -4.31. The van der Waals surface area contributed by atoms with Gasteiger partial charge in [0, 0.05) is 21.6 Å². The molecule has 144 valence electrons. The number of halogens is 1. The smallest absolute Gasteiger partial charge is 0.286 e. The van der Waals surface area contributed by atoms with Crippen LogP contribution in [0.25, 0.3) is 11.3 Å². The van der Waals surface area contributed by atoms with Crippen molar-refractivity contribution < 1.29 is 13.0 Å². The molecule has 8 heteroatoms. The van der Waals surface area contributed by atoms with Crippen molar-refractivity contribution >= 4 is 44.9 Å². The predicted octanol–water partition coefficient (Wildman–Crippen LogP) is 5.63. The van der Waals surface area contributed by atoms with E-state index in [0.717, 1.165) is 21.0 Å². The minimum absolute atomic E-state index is 0.228. The van der Waals surface area contributed by atoms with Crippen LogP contribution in [0.1, 0.15) is 13.3 Å². The average molecular weight is 433 g/mol. The van der Waals surface area contributed by atoms with Gasteiger partial charge in [-0.25, -0.2) is 0 Å². The Hall–Kier alpha value is -2.06. The first-order chi connectivity index (χ1) is 13.4. The van der Waals surface area contributed by atoms with E-state index in [2.05, 4.69) is 4.98 Å². The van der Waals surface area contributed by atoms with Gasteiger partial charge >= 0.3 is 0 Å². The summed E-state index contributed by atoms with van der Waals surface area (Å²) in [6.45, 7) is 1.74. The molecule has 2 heterocycles. The van der Waals surface area contributed by atoms with E-state index >= 15 is 0 Å². The summed E-state index contributed by atoms with van der Waals surface area (Å²) in [5, 5.41) is -0.581. The molecule has 1 aliphatic rings. The molecule has 28 heavy (non-hydrogen) atoms. The van der Waals surface area contributed by atoms with Gasteiger partial charge in [-0.1, -0.05) is 48.5 Å². The Morgan fingerprint density at radius 3 is 2.57 bits per heavy atom. The number of nitrogens with zero attached hydrogens (tertiary/aromatic N) is 2. The highest BCUT2D eigenvalue weighted by molar-refractivity contribution is 7.99. The van der Waals surface area contributed by atoms with Gasteiger partial charge in [-0.05, 0) is 42.8 Å². The van der Waals surface area contributed by atoms with Gasteiger partial charge in [0.2, 0.25) is 0 Å². The molecule has 2 aromatic carbocycles. The minimum atomic E-state index is -4.31. The molecule has 3 aromatic rings. The number of hydrogen-bond acceptors (Lipinski definition) is 5. The summed E-state index contributed by atoms with van der Waals surface area (Å²) >= 11 is 7.87. The maximum atomic E-state index is 12.2. The Morgan fingerprint density at radius 1 is 1.11 bits per heavy atom. The predicted molar refractivity (Wildman–Crippen MR) is 113 cm³/mol. The van der Waals surface area contributed by atoms with Crippen LogP contribution >= 0.6 is 23.4 Å². The van der Waals surface area contributed by atoms with E-state index in [1.165, 1.54) is 0 Å². The fourth-order valence-electron chi connectivity index (χ4n) is 3.36. The van der Waals surface area contributed by atoms with E-state index in [9.17, 15) is 13.0 Å². The maximum absolute atomic E-state index is 12.2. The van der Waals surface area contributed by atoms with Gasteiger partial charge in [-0.2, -0.15) is 8.42 Å². The average Bonchev–Trinajstić information content (AvgIpc) is 2.67. The van der Waals surface area contributed by atoms with Gasteiger partial charge in [0.25, 0.3) is 10.1 Å². The molecule has 0 aliphatic carbocycles. The molecular weight excluding hydrogens is 416 g/mol. The molecular formula is C20H17ClN2O3S2. The summed E-state index contributed by atoms with van der Waals surface area (Å²) in [5.41, 5.74) is 2.84. The SMILES string of the molecule is CCC(N1c2ccccc2Sc2ccc(-c3ncccc3Cl)cc21)S(=O)(=O)O. The topological polar surface area (TPSA) is 70.5 Å². The first-order valence-electron chi connectivity index (χ1n) is 8.67. The first kappa shape index (κ1) is 19.3. The number of fused-ring (bicyclic) bond motifs is 2. The van der Waals surface area contributed by atoms with Crippen LogP contribution in [-0.4, -0.2) is 23.3 Å². The number of aromatic nitrogens is 1. The molecule has 0 saturated carbocycles. The van der Waals surface area contributed by atoms with E-state index in [-0.39, 0.29) is 6.42 Å². The van der Waals surface area contributed by atoms with E-state index in [0.29, 0.717) is 16.4 Å². The highest BCUT2D eigenvalue weighted by Gasteiger charge is 2.35. The van der Waals surface area contributed by atoms with Crippen LogP contribution in [0, 0.1) is 0 Å². The zero-order valence-corrected chi connectivity index (χ0v) is 17.3. The lowest BCUT2D eigenvalue weighted by molar-refractivity contribution is 0.464. The first-order valence-corrected chi connectivity index (χ1v) is 11.4. The third-order valence-corrected chi connectivity index (χ3v) is 7.24. The number of para-hydroxylation sites is 1. The summed E-state index contributed by atoms with van der Waals surface area (Å²) in [6, 6.07) is 16.8. The van der Waals surface area contributed by atoms with Crippen LogP contribution in [-0.2, 0) is 10.1 Å². The van der Waals surface area contributed by atoms with Gasteiger partial charge in [0.05, 0.1) is 22.1 Å². The van der Waals surface area contributed by atoms with Gasteiger partial charge in [-0.3, -0.25) is 9.54 Å². The van der Waals surface area contributed by atoms with Crippen LogP contribution in [0.15, 0.2) is 70.6 Å². The van der Waals surface area contributed by atoms with Crippen molar-refractivity contribution in [1.82, 2.24) is 4.98 Å². The second-order valence-corrected chi connectivity index (χ2v) is 9.40. The Balaban J connectivity index is 1.94. The van der Waals surface area contributed by atoms with E-state index < -0.39 is 15.5 Å². The fraction of sp³-hybridized carbons (Fsp3) is 0.150. The van der Waals surface area contributed by atoms with Crippen LogP contribution in [0.3, 0.4) is 0 Å². The molecule has 0 spiro atoms. The molecule has 0 radical (unpaired) electrons. The second-order valence-electron chi connectivity index (χ2n) is 6.33. The molecule has 1 atom stereocenters. The summed E-state index contributed by atoms with van der Waals surface area (Å²) < 4.78 is 34.2. The molecule has 0 fully saturated rings. The molecule has 1 N–H and O–H groups in total. The molecule has 1 aromatic heterocycles. The summed E-state index contributed by atoms with van der Waals surface area (Å²) in [4.78, 5) is 7.88. The Morgan fingerprint density at radius 2 is 1.86 bits per heavy atom. The number of anilines is 2. The Labute approximate surface area is 173 Å². The number of hydrogen-bond donors (Lipinski definition) is 1. The molecule has 0 bridgehead atoms. The largest absolute Gasteiger partial charge is 0.320 e. The lowest BCUT2D eigenvalue weighted by atomic mass is 10.1. The van der Waals surface area contributed by atoms with Crippen molar-refractivity contribution in [3.8, 4) is 11.3 Å². The van der Waals surface area contributed by atoms with Crippen LogP contribution < -0.4 is 4.90 Å². The molecule has 4 rings (SSSR count). The zero-order valence-electron chi connectivity index (χ0n) is 14.9. The monoisotopic (exact) mass is 432 g/mol. The molecule has 5 nitrogen and oxygen atoms in total. The number of benzene rings is 2. The van der Waals surface area contributed by atoms with E-state index in [4.69, 9.17) is 11.6 Å². The van der Waals surface area contributed by atoms with Crippen LogP contribution in [0.4, 0.5) is 11.4 Å². The van der Waals surface area contributed by atoms with Crippen molar-refractivity contribution in [1.29, 1.82) is 0 Å². The van der Waals surface area contributed by atoms with E-state index in [1.807, 2.05) is 42.5 Å². The standard InChI is InChI=1S/C20H17ClN2O3S2/c1-2-19(28(24,25)26)23-15-7-3-4-8-17(15)27-18-10-9-13(12-16(18)23)20-14(21)6-5-11-22-20/h3-12,19H,2H2,1H3,(H,24,25,26). The van der Waals surface area contributed by atoms with Crippen molar-refractivity contribution in [3.63, 3.8) is 0 Å². The second kappa shape index (κ2) is 7.40. The van der Waals surface area contributed by atoms with Crippen LogP contribution in [0.5, 0.6) is 0 Å². The number of pyridine rings is 1. The van der Waals surface area contributed by atoms with Crippen molar-refractivity contribution in [2.24, 2.45) is 0 Å². The highest BCUT2D eigenvalue weighted by Crippen LogP contribution is 2.50. The molecule has 0 saturated heterocycles. The third kappa shape index (κ3) is 3.39. The lowest BCUT2D eigenvalue weighted by Gasteiger charge is -2.37. The lowest BCUT2D eigenvalue weighted by Crippen LogP contribution is -2.38. The Kier molecular flexibility index (Phi) is 5.09. The summed E-state index contributed by atoms with van der Waals surface area (Å²) in [5.74, 6) is 0. The minimum Gasteiger partial charge on any atom is -0.320 e. The molecule has 0 amide bonds. The van der Waals surface area contributed by atoms with E-state index in [1.54, 1.807) is 41.9 Å². The highest BCUT2D eigenvalue weighted by atomic mass is 35.5. The van der Waals surface area contributed by atoms with Crippen molar-refractivity contribution in [3.05, 3.63) is 65.8 Å². The Bertz CT molecular complexity index is 1150. The van der Waals surface area contributed by atoms with Crippen molar-refractivity contribution in [2.75, 3.05) is 4.90 Å². The fourth-order valence-corrected chi connectivity index (χ4v) is 5.56. The van der Waals surface area contributed by atoms with Gasteiger partial charge in [-0.15, -0.1) is 0 Å². The molecule has 1 aliphatic heterocycles. The maximum Gasteiger partial charge on any atom is 0.286 e. The van der Waals surface area contributed by atoms with Crippen LogP contribution in [0.2, 0.25) is 5.02 Å². The molecule has 1 unspecified atom stereocenters. The van der Waals surface area contributed by atoms with Gasteiger partial charge in [0.1, 0.15) is 0 Å². The normalized spacial score (nSPS) is 14.3. The van der Waals surface area contributed by atoms with Gasteiger partial charge < -0.3 is 4.90 Å².